The van der Waals surface area contributed by atoms with E-state index >= 15 is 0 Å². The van der Waals surface area contributed by atoms with E-state index in [1.165, 1.54) is 0 Å². The van der Waals surface area contributed by atoms with E-state index in [0.717, 1.165) is 26.9 Å². The molecule has 1 aromatic rings. The molecule has 0 unspecified atom stereocenters. The molecular formula is C19H34ClN3O4S. The molecular weight excluding hydrogens is 402 g/mol. The molecule has 0 aromatic heterocycles. The highest BCUT2D eigenvalue weighted by Gasteiger charge is 2.38. The zero-order valence-electron chi connectivity index (χ0n) is 17.5. The predicted molar refractivity (Wildman–Crippen MR) is 113 cm³/mol. The van der Waals surface area contributed by atoms with Crippen molar-refractivity contribution < 1.29 is 18.0 Å². The van der Waals surface area contributed by atoms with Crippen molar-refractivity contribution in [1.29, 1.82) is 0 Å². The second-order valence-corrected chi connectivity index (χ2v) is 9.47. The van der Waals surface area contributed by atoms with E-state index in [9.17, 15) is 8.42 Å². The fourth-order valence-corrected chi connectivity index (χ4v) is 5.29. The molecule has 0 fully saturated rings. The summed E-state index contributed by atoms with van der Waals surface area (Å²) in [7, 11) is -3.84. The summed E-state index contributed by atoms with van der Waals surface area (Å²) in [6, 6.07) is 0. The third-order valence-electron chi connectivity index (χ3n) is 4.95. The van der Waals surface area contributed by atoms with Crippen LogP contribution in [-0.4, -0.2) is 44.7 Å². The molecule has 1 aliphatic rings. The van der Waals surface area contributed by atoms with Gasteiger partial charge in [-0.05, 0) is 77.2 Å². The number of hydrogen-bond donors (Lipinski definition) is 2. The van der Waals surface area contributed by atoms with Crippen LogP contribution in [0.3, 0.4) is 0 Å². The van der Waals surface area contributed by atoms with E-state index in [2.05, 4.69) is 0 Å². The minimum Gasteiger partial charge on any atom is -0.487 e. The fourth-order valence-electron chi connectivity index (χ4n) is 3.46. The molecule has 0 bridgehead atoms. The SMILES string of the molecule is Cc1c(C)c(S(=O)(=O)N(CCCN)OCCCN)c(C)c2c1OC(C)(C)C2.Cl. The van der Waals surface area contributed by atoms with Gasteiger partial charge in [-0.3, -0.25) is 4.84 Å². The first-order valence-electron chi connectivity index (χ1n) is 9.44. The number of nitrogens with zero attached hydrogens (tertiary/aromatic N) is 1. The first-order chi connectivity index (χ1) is 12.6. The number of rotatable bonds is 9. The Labute approximate surface area is 175 Å². The molecule has 7 nitrogen and oxygen atoms in total. The first kappa shape index (κ1) is 25.1. The molecule has 1 aromatic carbocycles. The Hall–Kier alpha value is -0.900. The van der Waals surface area contributed by atoms with Crippen LogP contribution >= 0.6 is 12.4 Å². The lowest BCUT2D eigenvalue weighted by Crippen LogP contribution is -2.35. The minimum absolute atomic E-state index is 0. The van der Waals surface area contributed by atoms with Crippen LogP contribution in [0.5, 0.6) is 5.75 Å². The van der Waals surface area contributed by atoms with Gasteiger partial charge in [-0.25, -0.2) is 8.42 Å². The van der Waals surface area contributed by atoms with Crippen molar-refractivity contribution in [3.63, 3.8) is 0 Å². The second-order valence-electron chi connectivity index (χ2n) is 7.70. The number of ether oxygens (including phenoxy) is 1. The summed E-state index contributed by atoms with van der Waals surface area (Å²) in [6.07, 6.45) is 1.77. The Morgan fingerprint density at radius 3 is 2.25 bits per heavy atom. The highest BCUT2D eigenvalue weighted by molar-refractivity contribution is 7.89. The molecule has 0 amide bonds. The van der Waals surface area contributed by atoms with Gasteiger partial charge in [0.25, 0.3) is 10.0 Å². The maximum Gasteiger partial charge on any atom is 0.265 e. The molecule has 2 rings (SSSR count). The smallest absolute Gasteiger partial charge is 0.265 e. The summed E-state index contributed by atoms with van der Waals surface area (Å²) >= 11 is 0. The van der Waals surface area contributed by atoms with E-state index < -0.39 is 10.0 Å². The van der Waals surface area contributed by atoms with Crippen molar-refractivity contribution in [3.8, 4) is 5.75 Å². The van der Waals surface area contributed by atoms with Crippen LogP contribution in [0.2, 0.25) is 0 Å². The molecule has 0 aliphatic carbocycles. The molecule has 0 atom stereocenters. The van der Waals surface area contributed by atoms with Crippen molar-refractivity contribution in [3.05, 3.63) is 22.3 Å². The highest BCUT2D eigenvalue weighted by atomic mass is 35.5. The lowest BCUT2D eigenvalue weighted by Gasteiger charge is -2.25. The van der Waals surface area contributed by atoms with Crippen LogP contribution in [0.15, 0.2) is 4.90 Å². The van der Waals surface area contributed by atoms with Crippen molar-refractivity contribution in [2.75, 3.05) is 26.2 Å². The first-order valence-corrected chi connectivity index (χ1v) is 10.9. The quantitative estimate of drug-likeness (QED) is 0.455. The number of benzene rings is 1. The zero-order valence-corrected chi connectivity index (χ0v) is 19.1. The third-order valence-corrected chi connectivity index (χ3v) is 6.90. The predicted octanol–water partition coefficient (Wildman–Crippen LogP) is 2.37. The Morgan fingerprint density at radius 1 is 1.07 bits per heavy atom. The van der Waals surface area contributed by atoms with Crippen LogP contribution in [0.1, 0.15) is 48.9 Å². The minimum atomic E-state index is -3.84. The van der Waals surface area contributed by atoms with Crippen LogP contribution in [0, 0.1) is 20.8 Å². The second kappa shape index (κ2) is 9.73. The van der Waals surface area contributed by atoms with Gasteiger partial charge in [-0.1, -0.05) is 4.47 Å². The molecule has 9 heteroatoms. The molecule has 1 aliphatic heterocycles. The Morgan fingerprint density at radius 2 is 1.68 bits per heavy atom. The van der Waals surface area contributed by atoms with E-state index in [1.54, 1.807) is 0 Å². The average molecular weight is 436 g/mol. The van der Waals surface area contributed by atoms with Gasteiger partial charge in [0, 0.05) is 18.5 Å². The summed E-state index contributed by atoms with van der Waals surface area (Å²) in [6.45, 7) is 10.9. The van der Waals surface area contributed by atoms with Gasteiger partial charge in [-0.2, -0.15) is 0 Å². The van der Waals surface area contributed by atoms with Gasteiger partial charge < -0.3 is 16.2 Å². The molecule has 162 valence electrons. The van der Waals surface area contributed by atoms with Gasteiger partial charge in [0.1, 0.15) is 11.4 Å². The maximum atomic E-state index is 13.5. The zero-order chi connectivity index (χ0) is 20.4. The molecule has 28 heavy (non-hydrogen) atoms. The third kappa shape index (κ3) is 4.98. The van der Waals surface area contributed by atoms with Gasteiger partial charge >= 0.3 is 0 Å². The summed E-state index contributed by atoms with van der Waals surface area (Å²) < 4.78 is 34.1. The van der Waals surface area contributed by atoms with Gasteiger partial charge in [-0.15, -0.1) is 12.4 Å². The summed E-state index contributed by atoms with van der Waals surface area (Å²) in [5, 5.41) is 0. The van der Waals surface area contributed by atoms with Gasteiger partial charge in [0.15, 0.2) is 0 Å². The topological polar surface area (TPSA) is 108 Å². The van der Waals surface area contributed by atoms with Crippen LogP contribution in [0.4, 0.5) is 0 Å². The Kier molecular flexibility index (Phi) is 8.74. The van der Waals surface area contributed by atoms with Gasteiger partial charge in [0.2, 0.25) is 0 Å². The van der Waals surface area contributed by atoms with Crippen LogP contribution < -0.4 is 16.2 Å². The summed E-state index contributed by atoms with van der Waals surface area (Å²) in [5.41, 5.74) is 14.0. The van der Waals surface area contributed by atoms with Gasteiger partial charge in [0.05, 0.1) is 11.5 Å². The number of sulfonamides is 1. The number of fused-ring (bicyclic) bond motifs is 1. The Bertz CT molecular complexity index is 797. The number of hydrogen-bond acceptors (Lipinski definition) is 6. The molecule has 0 saturated heterocycles. The maximum absolute atomic E-state index is 13.5. The van der Waals surface area contributed by atoms with E-state index in [1.807, 2.05) is 34.6 Å². The molecule has 0 radical (unpaired) electrons. The molecule has 0 spiro atoms. The van der Waals surface area contributed by atoms with E-state index in [0.29, 0.717) is 42.8 Å². The monoisotopic (exact) mass is 435 g/mol. The molecule has 1 heterocycles. The van der Waals surface area contributed by atoms with Crippen molar-refractivity contribution in [2.45, 2.75) is 64.4 Å². The lowest BCUT2D eigenvalue weighted by molar-refractivity contribution is -0.0847. The van der Waals surface area contributed by atoms with Crippen molar-refractivity contribution >= 4 is 22.4 Å². The summed E-state index contributed by atoms with van der Waals surface area (Å²) in [4.78, 5) is 5.90. The van der Waals surface area contributed by atoms with Crippen LogP contribution in [-0.2, 0) is 21.3 Å². The average Bonchev–Trinajstić information content (AvgIpc) is 2.92. The van der Waals surface area contributed by atoms with E-state index in [4.69, 9.17) is 21.0 Å². The molecule has 0 saturated carbocycles. The van der Waals surface area contributed by atoms with Crippen LogP contribution in [0.25, 0.3) is 0 Å². The lowest BCUT2D eigenvalue weighted by atomic mass is 9.94. The van der Waals surface area contributed by atoms with Crippen molar-refractivity contribution in [1.82, 2.24) is 4.47 Å². The number of hydroxylamine groups is 1. The Balaban J connectivity index is 0.00000392. The number of halogens is 1. The highest BCUT2D eigenvalue weighted by Crippen LogP contribution is 2.44. The fraction of sp³-hybridized carbons (Fsp3) is 0.684. The normalized spacial score (nSPS) is 15.3. The summed E-state index contributed by atoms with van der Waals surface area (Å²) in [5.74, 6) is 0.812. The van der Waals surface area contributed by atoms with E-state index in [-0.39, 0.29) is 31.2 Å². The largest absolute Gasteiger partial charge is 0.487 e. The standard InChI is InChI=1S/C19H33N3O4S.ClH/c1-13-14(2)18(15(3)16-12-19(4,5)26-17(13)16)27(23,24)22(10-6-8-20)25-11-7-9-21;/h6-12,20-21H2,1-5H3;1H. The molecule has 4 N–H and O–H groups in total. The number of nitrogens with two attached hydrogens (primary N) is 2. The van der Waals surface area contributed by atoms with Crippen molar-refractivity contribution in [2.24, 2.45) is 11.5 Å².